The van der Waals surface area contributed by atoms with Crippen molar-refractivity contribution in [2.75, 3.05) is 13.7 Å². The number of aliphatic imine (C=N–C) groups is 1. The number of ether oxygens (including phenoxy) is 1. The van der Waals surface area contributed by atoms with E-state index in [1.165, 1.54) is 43.4 Å². The number of rotatable bonds is 6. The van der Waals surface area contributed by atoms with Gasteiger partial charge in [-0.2, -0.15) is 8.78 Å². The van der Waals surface area contributed by atoms with Crippen LogP contribution in [0.1, 0.15) is 16.7 Å². The van der Waals surface area contributed by atoms with Crippen LogP contribution >= 0.6 is 0 Å². The third kappa shape index (κ3) is 3.28. The fourth-order valence-electron chi connectivity index (χ4n) is 3.15. The molecule has 1 amide bonds. The van der Waals surface area contributed by atoms with Gasteiger partial charge in [-0.15, -0.1) is 0 Å². The molecule has 0 aromatic heterocycles. The van der Waals surface area contributed by atoms with E-state index in [1.807, 2.05) is 0 Å². The number of alkyl halides is 3. The number of aryl methyl sites for hydroxylation is 1. The highest BCUT2D eigenvalue weighted by molar-refractivity contribution is 6.08. The Hall–Kier alpha value is -3.10. The van der Waals surface area contributed by atoms with Gasteiger partial charge >= 0.3 is 6.61 Å². The van der Waals surface area contributed by atoms with Crippen LogP contribution in [0.4, 0.5) is 17.6 Å². The van der Waals surface area contributed by atoms with Crippen LogP contribution in [-0.2, 0) is 16.8 Å². The Labute approximate surface area is 158 Å². The van der Waals surface area contributed by atoms with Crippen LogP contribution in [0.3, 0.4) is 0 Å². The highest BCUT2D eigenvalue weighted by atomic mass is 19.3. The zero-order valence-corrected chi connectivity index (χ0v) is 14.8. The van der Waals surface area contributed by atoms with Gasteiger partial charge in [0.05, 0.1) is 6.67 Å². The lowest BCUT2D eigenvalue weighted by atomic mass is 9.82. The van der Waals surface area contributed by atoms with Crippen molar-refractivity contribution in [1.29, 1.82) is 0 Å². The SMILES string of the molecule is CN1C(=O)C(c2ccc(OC(F)F)cc2)(c2ccc(F)c(CCF)c2)N=C1N. The van der Waals surface area contributed by atoms with Crippen LogP contribution in [0, 0.1) is 5.82 Å². The van der Waals surface area contributed by atoms with Crippen molar-refractivity contribution in [3.05, 3.63) is 65.0 Å². The van der Waals surface area contributed by atoms with E-state index >= 15 is 0 Å². The zero-order valence-electron chi connectivity index (χ0n) is 14.8. The molecule has 0 spiro atoms. The minimum atomic E-state index is -2.99. The van der Waals surface area contributed by atoms with E-state index in [4.69, 9.17) is 5.73 Å². The van der Waals surface area contributed by atoms with E-state index < -0.39 is 30.5 Å². The molecular formula is C19H17F4N3O2. The number of hydrogen-bond acceptors (Lipinski definition) is 4. The van der Waals surface area contributed by atoms with Gasteiger partial charge in [-0.3, -0.25) is 14.1 Å². The van der Waals surface area contributed by atoms with Crippen molar-refractivity contribution < 1.29 is 27.1 Å². The summed E-state index contributed by atoms with van der Waals surface area (Å²) in [5.74, 6) is -1.27. The fourth-order valence-corrected chi connectivity index (χ4v) is 3.15. The Bertz CT molecular complexity index is 918. The average molecular weight is 395 g/mol. The maximum atomic E-state index is 14.0. The summed E-state index contributed by atoms with van der Waals surface area (Å²) in [6.45, 7) is -3.76. The van der Waals surface area contributed by atoms with Crippen molar-refractivity contribution in [2.24, 2.45) is 10.7 Å². The molecule has 0 bridgehead atoms. The van der Waals surface area contributed by atoms with E-state index in [0.717, 1.165) is 11.0 Å². The van der Waals surface area contributed by atoms with Gasteiger partial charge in [0, 0.05) is 13.5 Å². The van der Waals surface area contributed by atoms with Crippen LogP contribution in [-0.4, -0.2) is 37.1 Å². The number of carbonyl (C=O) groups is 1. The Morgan fingerprint density at radius 3 is 2.36 bits per heavy atom. The van der Waals surface area contributed by atoms with E-state index in [0.29, 0.717) is 5.56 Å². The molecule has 9 heteroatoms. The van der Waals surface area contributed by atoms with Crippen LogP contribution in [0.2, 0.25) is 0 Å². The van der Waals surface area contributed by atoms with Crippen LogP contribution in [0.15, 0.2) is 47.5 Å². The van der Waals surface area contributed by atoms with Crippen molar-refractivity contribution in [2.45, 2.75) is 18.6 Å². The van der Waals surface area contributed by atoms with Crippen molar-refractivity contribution >= 4 is 11.9 Å². The summed E-state index contributed by atoms with van der Waals surface area (Å²) in [4.78, 5) is 18.5. The molecule has 1 heterocycles. The zero-order chi connectivity index (χ0) is 20.5. The Balaban J connectivity index is 2.16. The summed E-state index contributed by atoms with van der Waals surface area (Å²) in [7, 11) is 1.43. The normalized spacial score (nSPS) is 19.3. The van der Waals surface area contributed by atoms with E-state index in [-0.39, 0.29) is 29.3 Å². The molecule has 0 saturated carbocycles. The largest absolute Gasteiger partial charge is 0.435 e. The number of amides is 1. The third-order valence-electron chi connectivity index (χ3n) is 4.56. The molecule has 0 radical (unpaired) electrons. The van der Waals surface area contributed by atoms with Crippen molar-refractivity contribution in [3.8, 4) is 5.75 Å². The number of carbonyl (C=O) groups excluding carboxylic acids is 1. The molecule has 0 saturated heterocycles. The minimum Gasteiger partial charge on any atom is -0.435 e. The molecule has 2 N–H and O–H groups in total. The Morgan fingerprint density at radius 1 is 1.18 bits per heavy atom. The minimum absolute atomic E-state index is 0.0609. The van der Waals surface area contributed by atoms with Gasteiger partial charge < -0.3 is 10.5 Å². The summed E-state index contributed by atoms with van der Waals surface area (Å²) >= 11 is 0. The second-order valence-electron chi connectivity index (χ2n) is 6.19. The predicted molar refractivity (Wildman–Crippen MR) is 94.3 cm³/mol. The molecule has 1 aliphatic rings. The lowest BCUT2D eigenvalue weighted by Gasteiger charge is -2.26. The second-order valence-corrected chi connectivity index (χ2v) is 6.19. The smallest absolute Gasteiger partial charge is 0.387 e. The van der Waals surface area contributed by atoms with Gasteiger partial charge in [-0.1, -0.05) is 18.2 Å². The molecule has 0 fully saturated rings. The highest BCUT2D eigenvalue weighted by Gasteiger charge is 2.49. The fraction of sp³-hybridized carbons (Fsp3) is 0.263. The molecule has 1 aliphatic heterocycles. The molecule has 2 aromatic carbocycles. The predicted octanol–water partition coefficient (Wildman–Crippen LogP) is 2.97. The Morgan fingerprint density at radius 2 is 1.82 bits per heavy atom. The van der Waals surface area contributed by atoms with Gasteiger partial charge in [0.1, 0.15) is 11.6 Å². The molecular weight excluding hydrogens is 378 g/mol. The van der Waals surface area contributed by atoms with E-state index in [1.54, 1.807) is 0 Å². The van der Waals surface area contributed by atoms with Gasteiger partial charge in [-0.05, 0) is 41.0 Å². The van der Waals surface area contributed by atoms with Crippen LogP contribution in [0.5, 0.6) is 5.75 Å². The summed E-state index contributed by atoms with van der Waals surface area (Å²) in [6.07, 6.45) is -0.167. The monoisotopic (exact) mass is 395 g/mol. The first-order valence-electron chi connectivity index (χ1n) is 8.33. The lowest BCUT2D eigenvalue weighted by molar-refractivity contribution is -0.129. The third-order valence-corrected chi connectivity index (χ3v) is 4.56. The van der Waals surface area contributed by atoms with Crippen molar-refractivity contribution in [1.82, 2.24) is 4.90 Å². The number of nitrogens with zero attached hydrogens (tertiary/aromatic N) is 2. The molecule has 2 aromatic rings. The van der Waals surface area contributed by atoms with Gasteiger partial charge in [0.2, 0.25) is 0 Å². The first-order valence-corrected chi connectivity index (χ1v) is 8.33. The van der Waals surface area contributed by atoms with E-state index in [9.17, 15) is 22.4 Å². The molecule has 0 aliphatic carbocycles. The van der Waals surface area contributed by atoms with Crippen molar-refractivity contribution in [3.63, 3.8) is 0 Å². The number of halogens is 4. The molecule has 1 unspecified atom stereocenters. The van der Waals surface area contributed by atoms with Gasteiger partial charge in [0.15, 0.2) is 11.5 Å². The first kappa shape index (κ1) is 19.7. The molecule has 3 rings (SSSR count). The lowest BCUT2D eigenvalue weighted by Crippen LogP contribution is -2.41. The maximum Gasteiger partial charge on any atom is 0.387 e. The topological polar surface area (TPSA) is 67.9 Å². The molecule has 148 valence electrons. The molecule has 5 nitrogen and oxygen atoms in total. The summed E-state index contributed by atoms with van der Waals surface area (Å²) in [5, 5.41) is 0. The maximum absolute atomic E-state index is 14.0. The van der Waals surface area contributed by atoms with Gasteiger partial charge in [0.25, 0.3) is 5.91 Å². The summed E-state index contributed by atoms with van der Waals surface area (Å²) in [5.41, 5.74) is 4.90. The van der Waals surface area contributed by atoms with Gasteiger partial charge in [-0.25, -0.2) is 9.38 Å². The number of guanidine groups is 1. The second kappa shape index (κ2) is 7.49. The first-order chi connectivity index (χ1) is 13.3. The quantitative estimate of drug-likeness (QED) is 0.765. The summed E-state index contributed by atoms with van der Waals surface area (Å²) in [6, 6.07) is 9.22. The summed E-state index contributed by atoms with van der Waals surface area (Å²) < 4.78 is 55.9. The number of likely N-dealkylation sites (N-methyl/N-ethyl adjacent to an activating group) is 1. The molecule has 1 atom stereocenters. The average Bonchev–Trinajstić information content (AvgIpc) is 2.89. The highest BCUT2D eigenvalue weighted by Crippen LogP contribution is 2.40. The number of benzene rings is 2. The Kier molecular flexibility index (Phi) is 5.26. The standard InChI is InChI=1S/C19H17F4N3O2/c1-26-16(27)19(25-18(26)24,12-2-5-14(6-3-12)28-17(22)23)13-4-7-15(21)11(10-13)8-9-20/h2-7,10,17H,8-9H2,1H3,(H2,24,25). The number of nitrogens with two attached hydrogens (primary N) is 1. The van der Waals surface area contributed by atoms with Crippen LogP contribution in [0.25, 0.3) is 0 Å². The van der Waals surface area contributed by atoms with Crippen LogP contribution < -0.4 is 10.5 Å². The molecule has 28 heavy (non-hydrogen) atoms. The number of hydrogen-bond donors (Lipinski definition) is 1. The van der Waals surface area contributed by atoms with E-state index in [2.05, 4.69) is 9.73 Å².